The predicted octanol–water partition coefficient (Wildman–Crippen LogP) is 1.95. The highest BCUT2D eigenvalue weighted by Gasteiger charge is 2.05. The molecule has 2 aromatic heterocycles. The molecule has 0 saturated carbocycles. The van der Waals surface area contributed by atoms with E-state index in [2.05, 4.69) is 31.3 Å². The molecule has 0 atom stereocenters. The van der Waals surface area contributed by atoms with Gasteiger partial charge in [0, 0.05) is 44.3 Å². The van der Waals surface area contributed by atoms with E-state index in [0.29, 0.717) is 0 Å². The van der Waals surface area contributed by atoms with Crippen molar-refractivity contribution in [2.24, 2.45) is 0 Å². The number of nitrogens with zero attached hydrogens (tertiary/aromatic N) is 3. The number of aromatic nitrogens is 4. The molecule has 104 valence electrons. The lowest BCUT2D eigenvalue weighted by atomic mass is 10.4. The number of aryl methyl sites for hydroxylation is 2. The van der Waals surface area contributed by atoms with Crippen LogP contribution in [0.3, 0.4) is 0 Å². The second kappa shape index (κ2) is 6.94. The molecule has 0 amide bonds. The van der Waals surface area contributed by atoms with Crippen molar-refractivity contribution in [1.29, 1.82) is 0 Å². The highest BCUT2D eigenvalue weighted by Crippen LogP contribution is 2.10. The first-order chi connectivity index (χ1) is 9.29. The summed E-state index contributed by atoms with van der Waals surface area (Å²) >= 11 is 0. The van der Waals surface area contributed by atoms with E-state index in [1.54, 1.807) is 0 Å². The van der Waals surface area contributed by atoms with Gasteiger partial charge in [0.1, 0.15) is 0 Å². The Hall–Kier alpha value is -1.82. The van der Waals surface area contributed by atoms with Crippen LogP contribution in [0.5, 0.6) is 0 Å². The second-order valence-electron chi connectivity index (χ2n) is 4.41. The predicted molar refractivity (Wildman–Crippen MR) is 74.0 cm³/mol. The average Bonchev–Trinajstić information content (AvgIpc) is 3.02. The summed E-state index contributed by atoms with van der Waals surface area (Å²) < 4.78 is 7.49. The van der Waals surface area contributed by atoms with Gasteiger partial charge in [0.15, 0.2) is 0 Å². The first-order valence-corrected chi connectivity index (χ1v) is 6.62. The molecule has 0 fully saturated rings. The monoisotopic (exact) mass is 263 g/mol. The molecule has 0 bridgehead atoms. The molecule has 0 saturated heterocycles. The van der Waals surface area contributed by atoms with E-state index < -0.39 is 0 Å². The maximum absolute atomic E-state index is 5.35. The zero-order valence-electron chi connectivity index (χ0n) is 11.5. The summed E-state index contributed by atoms with van der Waals surface area (Å²) in [6, 6.07) is 0. The summed E-state index contributed by atoms with van der Waals surface area (Å²) in [6.07, 6.45) is 6.73. The van der Waals surface area contributed by atoms with Gasteiger partial charge < -0.3 is 14.6 Å². The Morgan fingerprint density at radius 2 is 2.37 bits per heavy atom. The van der Waals surface area contributed by atoms with Gasteiger partial charge >= 0.3 is 0 Å². The summed E-state index contributed by atoms with van der Waals surface area (Å²) in [5.41, 5.74) is 2.13. The van der Waals surface area contributed by atoms with Crippen LogP contribution in [0.15, 0.2) is 18.6 Å². The van der Waals surface area contributed by atoms with E-state index in [4.69, 9.17) is 4.74 Å². The molecule has 6 heteroatoms. The smallest absolute Gasteiger partial charge is 0.203 e. The number of ether oxygens (including phenoxy) is 1. The normalized spacial score (nSPS) is 10.8. The number of nitrogens with one attached hydrogen (secondary N) is 2. The fourth-order valence-corrected chi connectivity index (χ4v) is 1.90. The molecular weight excluding hydrogens is 242 g/mol. The Bertz CT molecular complexity index is 477. The number of aromatic amines is 1. The minimum absolute atomic E-state index is 0.721. The van der Waals surface area contributed by atoms with Crippen LogP contribution >= 0.6 is 0 Å². The van der Waals surface area contributed by atoms with Crippen molar-refractivity contribution >= 4 is 5.95 Å². The van der Waals surface area contributed by atoms with Crippen LogP contribution in [0.2, 0.25) is 0 Å². The van der Waals surface area contributed by atoms with Crippen LogP contribution in [0.1, 0.15) is 24.6 Å². The highest BCUT2D eigenvalue weighted by molar-refractivity contribution is 5.30. The lowest BCUT2D eigenvalue weighted by molar-refractivity contribution is 0.142. The molecule has 0 aromatic carbocycles. The van der Waals surface area contributed by atoms with Gasteiger partial charge in [-0.3, -0.25) is 5.10 Å². The van der Waals surface area contributed by atoms with Crippen LogP contribution in [0.25, 0.3) is 0 Å². The number of anilines is 1. The van der Waals surface area contributed by atoms with E-state index in [0.717, 1.165) is 49.9 Å². The fourth-order valence-electron chi connectivity index (χ4n) is 1.90. The second-order valence-corrected chi connectivity index (χ2v) is 4.41. The molecule has 0 unspecified atom stereocenters. The number of hydrogen-bond acceptors (Lipinski definition) is 4. The topological polar surface area (TPSA) is 67.8 Å². The van der Waals surface area contributed by atoms with Gasteiger partial charge in [-0.2, -0.15) is 5.10 Å². The SMILES string of the molecule is CCOCCCn1cc(C)nc1NCc1cn[nH]c1. The van der Waals surface area contributed by atoms with E-state index in [1.807, 2.05) is 26.2 Å². The molecule has 0 aliphatic rings. The first kappa shape index (κ1) is 13.6. The number of imidazole rings is 1. The van der Waals surface area contributed by atoms with E-state index in [9.17, 15) is 0 Å². The quantitative estimate of drug-likeness (QED) is 0.714. The standard InChI is InChI=1S/C13H21N5O/c1-3-19-6-4-5-18-10-11(2)17-13(18)14-7-12-8-15-16-9-12/h8-10H,3-7H2,1-2H3,(H,14,17)(H,15,16). The van der Waals surface area contributed by atoms with Crippen LogP contribution in [0, 0.1) is 6.92 Å². The molecule has 2 aromatic rings. The maximum Gasteiger partial charge on any atom is 0.203 e. The number of hydrogen-bond donors (Lipinski definition) is 2. The van der Waals surface area contributed by atoms with E-state index in [1.165, 1.54) is 0 Å². The van der Waals surface area contributed by atoms with Crippen LogP contribution in [-0.2, 0) is 17.8 Å². The number of H-pyrrole nitrogens is 1. The lowest BCUT2D eigenvalue weighted by Gasteiger charge is -2.09. The van der Waals surface area contributed by atoms with Crippen LogP contribution < -0.4 is 5.32 Å². The molecule has 0 aliphatic carbocycles. The molecule has 6 nitrogen and oxygen atoms in total. The Balaban J connectivity index is 1.88. The van der Waals surface area contributed by atoms with Gasteiger partial charge in [-0.1, -0.05) is 0 Å². The molecular formula is C13H21N5O. The van der Waals surface area contributed by atoms with Gasteiger partial charge in [-0.05, 0) is 20.3 Å². The average molecular weight is 263 g/mol. The minimum Gasteiger partial charge on any atom is -0.382 e. The molecule has 2 heterocycles. The summed E-state index contributed by atoms with van der Waals surface area (Å²) in [6.45, 7) is 7.21. The van der Waals surface area contributed by atoms with Gasteiger partial charge in [0.05, 0.1) is 11.9 Å². The summed E-state index contributed by atoms with van der Waals surface area (Å²) in [5.74, 6) is 0.898. The van der Waals surface area contributed by atoms with Crippen molar-refractivity contribution in [1.82, 2.24) is 19.7 Å². The minimum atomic E-state index is 0.721. The number of rotatable bonds is 8. The summed E-state index contributed by atoms with van der Waals surface area (Å²) in [5, 5.41) is 10.1. The van der Waals surface area contributed by atoms with E-state index >= 15 is 0 Å². The molecule has 19 heavy (non-hydrogen) atoms. The first-order valence-electron chi connectivity index (χ1n) is 6.62. The van der Waals surface area contributed by atoms with E-state index in [-0.39, 0.29) is 0 Å². The van der Waals surface area contributed by atoms with Crippen molar-refractivity contribution in [2.75, 3.05) is 18.5 Å². The van der Waals surface area contributed by atoms with Crippen molar-refractivity contribution in [3.63, 3.8) is 0 Å². The summed E-state index contributed by atoms with van der Waals surface area (Å²) in [7, 11) is 0. The van der Waals surface area contributed by atoms with Gasteiger partial charge in [-0.25, -0.2) is 4.98 Å². The molecule has 0 aliphatic heterocycles. The molecule has 0 spiro atoms. The highest BCUT2D eigenvalue weighted by atomic mass is 16.5. The summed E-state index contributed by atoms with van der Waals surface area (Å²) in [4.78, 5) is 4.49. The van der Waals surface area contributed by atoms with Gasteiger partial charge in [-0.15, -0.1) is 0 Å². The van der Waals surface area contributed by atoms with Crippen molar-refractivity contribution < 1.29 is 4.74 Å². The van der Waals surface area contributed by atoms with Crippen molar-refractivity contribution in [2.45, 2.75) is 33.4 Å². The lowest BCUT2D eigenvalue weighted by Crippen LogP contribution is -2.08. The Morgan fingerprint density at radius 1 is 1.47 bits per heavy atom. The van der Waals surface area contributed by atoms with Crippen LogP contribution in [0.4, 0.5) is 5.95 Å². The van der Waals surface area contributed by atoms with Crippen molar-refractivity contribution in [3.8, 4) is 0 Å². The Labute approximate surface area is 113 Å². The fraction of sp³-hybridized carbons (Fsp3) is 0.538. The maximum atomic E-state index is 5.35. The molecule has 0 radical (unpaired) electrons. The van der Waals surface area contributed by atoms with Gasteiger partial charge in [0.25, 0.3) is 0 Å². The Kier molecular flexibility index (Phi) is 4.97. The zero-order chi connectivity index (χ0) is 13.5. The zero-order valence-corrected chi connectivity index (χ0v) is 11.5. The largest absolute Gasteiger partial charge is 0.382 e. The third kappa shape index (κ3) is 4.10. The Morgan fingerprint density at radius 3 is 3.11 bits per heavy atom. The molecule has 2 rings (SSSR count). The molecule has 2 N–H and O–H groups in total. The van der Waals surface area contributed by atoms with Crippen molar-refractivity contribution in [3.05, 3.63) is 29.8 Å². The third-order valence-electron chi connectivity index (χ3n) is 2.79. The third-order valence-corrected chi connectivity index (χ3v) is 2.79. The van der Waals surface area contributed by atoms with Crippen LogP contribution in [-0.4, -0.2) is 33.0 Å². The van der Waals surface area contributed by atoms with Gasteiger partial charge in [0.2, 0.25) is 5.95 Å².